The highest BCUT2D eigenvalue weighted by atomic mass is 28.4. The molecule has 1 aliphatic heterocycles. The highest BCUT2D eigenvalue weighted by Gasteiger charge is 2.40. The molecule has 0 atom stereocenters. The van der Waals surface area contributed by atoms with E-state index < -0.39 is 8.80 Å². The van der Waals surface area contributed by atoms with E-state index in [-0.39, 0.29) is 23.2 Å². The van der Waals surface area contributed by atoms with Crippen molar-refractivity contribution in [2.45, 2.75) is 90.9 Å². The number of hydrogen-bond acceptors (Lipinski definition) is 5. The van der Waals surface area contributed by atoms with Gasteiger partial charge in [-0.2, -0.15) is 0 Å². The Kier molecular flexibility index (Phi) is 9.71. The first-order valence-electron chi connectivity index (χ1n) is 10.3. The van der Waals surface area contributed by atoms with Crippen LogP contribution in [0.25, 0.3) is 0 Å². The van der Waals surface area contributed by atoms with Crippen LogP contribution in [0.4, 0.5) is 4.79 Å². The van der Waals surface area contributed by atoms with E-state index in [1.165, 1.54) is 0 Å². The third-order valence-corrected chi connectivity index (χ3v) is 7.71. The van der Waals surface area contributed by atoms with Gasteiger partial charge in [-0.15, -0.1) is 0 Å². The van der Waals surface area contributed by atoms with Crippen molar-refractivity contribution in [3.05, 3.63) is 0 Å². The molecule has 0 aliphatic carbocycles. The van der Waals surface area contributed by atoms with Gasteiger partial charge in [0.15, 0.2) is 0 Å². The summed E-state index contributed by atoms with van der Waals surface area (Å²) in [6.45, 7) is 16.9. The molecule has 0 bridgehead atoms. The summed E-state index contributed by atoms with van der Waals surface area (Å²) in [5, 5.41) is 9.73. The van der Waals surface area contributed by atoms with Crippen molar-refractivity contribution in [2.75, 3.05) is 26.4 Å². The summed E-state index contributed by atoms with van der Waals surface area (Å²) in [5.41, 5.74) is 0.0226. The Bertz CT molecular complexity index is 427. The van der Waals surface area contributed by atoms with Crippen molar-refractivity contribution >= 4 is 14.8 Å². The Balaban J connectivity index is 2.43. The number of nitrogens with one attached hydrogen (secondary N) is 3. The minimum Gasteiger partial charge on any atom is -0.374 e. The quantitative estimate of drug-likeness (QED) is 0.365. The van der Waals surface area contributed by atoms with Crippen molar-refractivity contribution in [2.24, 2.45) is 0 Å². The van der Waals surface area contributed by atoms with Crippen LogP contribution in [0.15, 0.2) is 0 Å². The van der Waals surface area contributed by atoms with E-state index in [0.29, 0.717) is 32.4 Å². The van der Waals surface area contributed by atoms with Gasteiger partial charge in [0.05, 0.1) is 0 Å². The predicted molar refractivity (Wildman–Crippen MR) is 111 cm³/mol. The van der Waals surface area contributed by atoms with Gasteiger partial charge in [0.2, 0.25) is 0 Å². The molecule has 0 aromatic carbocycles. The molecule has 0 aromatic rings. The molecule has 0 aromatic heterocycles. The molecule has 1 saturated heterocycles. The second-order valence-corrected chi connectivity index (χ2v) is 11.2. The second kappa shape index (κ2) is 10.8. The van der Waals surface area contributed by atoms with Crippen molar-refractivity contribution in [3.63, 3.8) is 0 Å². The van der Waals surface area contributed by atoms with E-state index in [0.717, 1.165) is 19.3 Å². The molecule has 0 radical (unpaired) electrons. The first-order valence-corrected chi connectivity index (χ1v) is 12.3. The summed E-state index contributed by atoms with van der Waals surface area (Å²) >= 11 is 0. The first kappa shape index (κ1) is 24.4. The van der Waals surface area contributed by atoms with Crippen molar-refractivity contribution < 1.29 is 18.1 Å². The molecule has 1 heterocycles. The summed E-state index contributed by atoms with van der Waals surface area (Å²) in [4.78, 5) is 12.3. The van der Waals surface area contributed by atoms with Crippen LogP contribution in [0, 0.1) is 0 Å². The fraction of sp³-hybridized carbons (Fsp3) is 0.947. The van der Waals surface area contributed by atoms with E-state index in [9.17, 15) is 4.79 Å². The zero-order valence-corrected chi connectivity index (χ0v) is 19.4. The molecule has 160 valence electrons. The standard InChI is InChI=1S/C19H41N3O4Si/c1-8-24-27(25-9-2,26-10-3)13-11-12-20-17(23)21-16-14-18(4,5)22-19(6,7)15-16/h16,22H,8-15H2,1-7H3,(H2,20,21,23). The van der Waals surface area contributed by atoms with E-state index in [1.54, 1.807) is 0 Å². The molecule has 8 heteroatoms. The van der Waals surface area contributed by atoms with Crippen LogP contribution < -0.4 is 16.0 Å². The third-order valence-electron chi connectivity index (χ3n) is 4.56. The molecular formula is C19H41N3O4Si. The predicted octanol–water partition coefficient (Wildman–Crippen LogP) is 3.03. The summed E-state index contributed by atoms with van der Waals surface area (Å²) in [7, 11) is -2.63. The highest BCUT2D eigenvalue weighted by Crippen LogP contribution is 2.28. The number of carbonyl (C=O) groups excluding carboxylic acids is 1. The van der Waals surface area contributed by atoms with Gasteiger partial charge in [-0.1, -0.05) is 0 Å². The summed E-state index contributed by atoms with van der Waals surface area (Å²) in [5.74, 6) is 0. The number of amides is 2. The van der Waals surface area contributed by atoms with E-state index in [4.69, 9.17) is 13.3 Å². The van der Waals surface area contributed by atoms with Gasteiger partial charge in [-0.3, -0.25) is 0 Å². The highest BCUT2D eigenvalue weighted by molar-refractivity contribution is 6.60. The van der Waals surface area contributed by atoms with E-state index in [1.807, 2.05) is 20.8 Å². The normalized spacial score (nSPS) is 19.7. The molecule has 7 nitrogen and oxygen atoms in total. The van der Waals surface area contributed by atoms with Crippen LogP contribution in [0.3, 0.4) is 0 Å². The van der Waals surface area contributed by atoms with Crippen LogP contribution in [0.1, 0.15) is 67.7 Å². The van der Waals surface area contributed by atoms with Gasteiger partial charge in [0.1, 0.15) is 0 Å². The lowest BCUT2D eigenvalue weighted by Crippen LogP contribution is -2.62. The van der Waals surface area contributed by atoms with Gasteiger partial charge in [0.25, 0.3) is 0 Å². The van der Waals surface area contributed by atoms with Crippen LogP contribution in [0.2, 0.25) is 6.04 Å². The van der Waals surface area contributed by atoms with E-state index >= 15 is 0 Å². The van der Waals surface area contributed by atoms with Gasteiger partial charge in [0, 0.05) is 49.5 Å². The molecule has 27 heavy (non-hydrogen) atoms. The van der Waals surface area contributed by atoms with Crippen molar-refractivity contribution in [1.82, 2.24) is 16.0 Å². The second-order valence-electron chi connectivity index (χ2n) is 8.48. The average molecular weight is 404 g/mol. The number of hydrogen-bond donors (Lipinski definition) is 3. The minimum atomic E-state index is -2.63. The zero-order chi connectivity index (χ0) is 20.6. The maximum absolute atomic E-state index is 12.3. The third kappa shape index (κ3) is 8.91. The zero-order valence-electron chi connectivity index (χ0n) is 18.4. The summed E-state index contributed by atoms with van der Waals surface area (Å²) < 4.78 is 17.5. The Morgan fingerprint density at radius 1 is 1.00 bits per heavy atom. The molecule has 3 N–H and O–H groups in total. The Labute approximate surface area is 166 Å². The van der Waals surface area contributed by atoms with Crippen LogP contribution in [0.5, 0.6) is 0 Å². The smallest absolute Gasteiger partial charge is 0.374 e. The largest absolute Gasteiger partial charge is 0.500 e. The number of rotatable bonds is 11. The summed E-state index contributed by atoms with van der Waals surface area (Å²) in [6.07, 6.45) is 2.60. The lowest BCUT2D eigenvalue weighted by molar-refractivity contribution is 0.0708. The maximum atomic E-state index is 12.3. The van der Waals surface area contributed by atoms with Gasteiger partial charge >= 0.3 is 14.8 Å². The maximum Gasteiger partial charge on any atom is 0.500 e. The lowest BCUT2D eigenvalue weighted by atomic mass is 9.80. The molecule has 1 fully saturated rings. The first-order chi connectivity index (χ1) is 12.6. The monoisotopic (exact) mass is 403 g/mol. The Morgan fingerprint density at radius 2 is 1.48 bits per heavy atom. The molecule has 0 saturated carbocycles. The van der Waals surface area contributed by atoms with Crippen molar-refractivity contribution in [3.8, 4) is 0 Å². The fourth-order valence-corrected chi connectivity index (χ4v) is 6.78. The molecule has 1 aliphatic rings. The summed E-state index contributed by atoms with van der Waals surface area (Å²) in [6, 6.07) is 0.765. The van der Waals surface area contributed by atoms with Crippen LogP contribution in [-0.2, 0) is 13.3 Å². The fourth-order valence-electron chi connectivity index (χ4n) is 4.17. The molecule has 1 rings (SSSR count). The number of urea groups is 1. The van der Waals surface area contributed by atoms with Crippen LogP contribution >= 0.6 is 0 Å². The molecule has 0 unspecified atom stereocenters. The molecule has 0 spiro atoms. The van der Waals surface area contributed by atoms with Gasteiger partial charge in [-0.25, -0.2) is 4.79 Å². The minimum absolute atomic E-state index is 0.0113. The molecule has 2 amide bonds. The Hall–Kier alpha value is -0.673. The SMILES string of the molecule is CCO[Si](CCCNC(=O)NC1CC(C)(C)NC(C)(C)C1)(OCC)OCC. The van der Waals surface area contributed by atoms with Crippen LogP contribution in [-0.4, -0.2) is 58.3 Å². The number of piperidine rings is 1. The topological polar surface area (TPSA) is 80.9 Å². The average Bonchev–Trinajstić information content (AvgIpc) is 2.49. The number of carbonyl (C=O) groups is 1. The van der Waals surface area contributed by atoms with Gasteiger partial charge in [-0.05, 0) is 67.7 Å². The molecular weight excluding hydrogens is 362 g/mol. The lowest BCUT2D eigenvalue weighted by Gasteiger charge is -2.46. The Morgan fingerprint density at radius 3 is 1.93 bits per heavy atom. The van der Waals surface area contributed by atoms with E-state index in [2.05, 4.69) is 43.6 Å². The van der Waals surface area contributed by atoms with Gasteiger partial charge < -0.3 is 29.2 Å². The van der Waals surface area contributed by atoms with Crippen molar-refractivity contribution in [1.29, 1.82) is 0 Å².